The Balaban J connectivity index is 2.20. The highest BCUT2D eigenvalue weighted by Gasteiger charge is 2.08. The molecule has 5 heteroatoms. The van der Waals surface area contributed by atoms with Crippen molar-refractivity contribution in [2.45, 2.75) is 5.16 Å². The molecule has 3 aromatic rings. The predicted octanol–water partition coefficient (Wildman–Crippen LogP) is 2.74. The van der Waals surface area contributed by atoms with E-state index in [-0.39, 0.29) is 0 Å². The topological polar surface area (TPSA) is 54.5 Å². The third kappa shape index (κ3) is 1.78. The fourth-order valence-electron chi connectivity index (χ4n) is 1.76. The van der Waals surface area contributed by atoms with E-state index in [2.05, 4.69) is 19.9 Å². The summed E-state index contributed by atoms with van der Waals surface area (Å²) in [7, 11) is 0. The van der Waals surface area contributed by atoms with E-state index >= 15 is 0 Å². The summed E-state index contributed by atoms with van der Waals surface area (Å²) < 4.78 is 0. The lowest BCUT2D eigenvalue weighted by molar-refractivity contribution is 0.977. The van der Waals surface area contributed by atoms with Gasteiger partial charge in [0.1, 0.15) is 5.65 Å². The van der Waals surface area contributed by atoms with Gasteiger partial charge in [0.05, 0.1) is 5.69 Å². The molecule has 84 valence electrons. The van der Waals surface area contributed by atoms with Gasteiger partial charge in [-0.05, 0) is 24.5 Å². The number of rotatable bonds is 2. The first-order valence-electron chi connectivity index (χ1n) is 5.18. The van der Waals surface area contributed by atoms with Crippen molar-refractivity contribution >= 4 is 22.8 Å². The van der Waals surface area contributed by atoms with Gasteiger partial charge in [-0.25, -0.2) is 15.0 Å². The van der Waals surface area contributed by atoms with Gasteiger partial charge in [0.25, 0.3) is 0 Å². The zero-order valence-corrected chi connectivity index (χ0v) is 10.0. The number of fused-ring (bicyclic) bond motifs is 1. The van der Waals surface area contributed by atoms with E-state index in [0.717, 1.165) is 27.4 Å². The second-order valence-electron chi connectivity index (χ2n) is 3.53. The molecule has 17 heavy (non-hydrogen) atoms. The number of hydrogen-bond donors (Lipinski definition) is 1. The largest absolute Gasteiger partial charge is 0.345 e. The number of nitrogens with one attached hydrogen (secondary N) is 1. The van der Waals surface area contributed by atoms with Gasteiger partial charge in [-0.1, -0.05) is 11.8 Å². The summed E-state index contributed by atoms with van der Waals surface area (Å²) in [6.45, 7) is 0. The van der Waals surface area contributed by atoms with Crippen LogP contribution in [0.5, 0.6) is 0 Å². The standard InChI is InChI=1S/C12H10N4S/c1-17-12-14-6-4-10(16-12)9-7-15-11-8(9)3-2-5-13-11/h2-7H,1H3,(H,13,15). The minimum atomic E-state index is 0.778. The van der Waals surface area contributed by atoms with Crippen LogP contribution in [0.15, 0.2) is 41.9 Å². The van der Waals surface area contributed by atoms with Gasteiger partial charge in [0, 0.05) is 29.5 Å². The molecule has 0 radical (unpaired) electrons. The zero-order chi connectivity index (χ0) is 11.7. The molecule has 0 spiro atoms. The highest BCUT2D eigenvalue weighted by molar-refractivity contribution is 7.98. The Kier molecular flexibility index (Phi) is 2.53. The Morgan fingerprint density at radius 3 is 3.00 bits per heavy atom. The molecule has 3 heterocycles. The lowest BCUT2D eigenvalue weighted by Crippen LogP contribution is -1.88. The molecule has 0 saturated carbocycles. The molecule has 0 aliphatic heterocycles. The third-order valence-electron chi connectivity index (χ3n) is 2.54. The minimum absolute atomic E-state index is 0.778. The van der Waals surface area contributed by atoms with Gasteiger partial charge in [0.15, 0.2) is 5.16 Å². The summed E-state index contributed by atoms with van der Waals surface area (Å²) >= 11 is 1.54. The smallest absolute Gasteiger partial charge is 0.187 e. The number of H-pyrrole nitrogens is 1. The molecule has 0 fully saturated rings. The molecule has 0 aromatic carbocycles. The molecule has 0 aliphatic carbocycles. The molecule has 0 saturated heterocycles. The zero-order valence-electron chi connectivity index (χ0n) is 9.21. The molecule has 0 bridgehead atoms. The first-order chi connectivity index (χ1) is 8.38. The van der Waals surface area contributed by atoms with Gasteiger partial charge in [-0.2, -0.15) is 0 Å². The average Bonchev–Trinajstić information content (AvgIpc) is 2.82. The molecular formula is C12H10N4S. The molecule has 0 amide bonds. The SMILES string of the molecule is CSc1nccc(-c2c[nH]c3ncccc23)n1. The number of aromatic nitrogens is 4. The van der Waals surface area contributed by atoms with E-state index in [1.54, 1.807) is 12.4 Å². The van der Waals surface area contributed by atoms with E-state index in [1.807, 2.05) is 30.7 Å². The van der Waals surface area contributed by atoms with Crippen LogP contribution >= 0.6 is 11.8 Å². The summed E-state index contributed by atoms with van der Waals surface area (Å²) in [4.78, 5) is 16.1. The molecule has 3 aromatic heterocycles. The maximum absolute atomic E-state index is 4.49. The second-order valence-corrected chi connectivity index (χ2v) is 4.30. The van der Waals surface area contributed by atoms with Gasteiger partial charge >= 0.3 is 0 Å². The molecule has 0 aliphatic rings. The molecule has 0 atom stereocenters. The summed E-state index contributed by atoms with van der Waals surface area (Å²) in [5.41, 5.74) is 2.86. The second kappa shape index (κ2) is 4.18. The van der Waals surface area contributed by atoms with Gasteiger partial charge in [0.2, 0.25) is 0 Å². The van der Waals surface area contributed by atoms with Crippen LogP contribution in [-0.2, 0) is 0 Å². The van der Waals surface area contributed by atoms with Crippen LogP contribution in [0.2, 0.25) is 0 Å². The number of thioether (sulfide) groups is 1. The monoisotopic (exact) mass is 242 g/mol. The quantitative estimate of drug-likeness (QED) is 0.554. The van der Waals surface area contributed by atoms with Gasteiger partial charge in [-0.3, -0.25) is 0 Å². The molecule has 4 nitrogen and oxygen atoms in total. The highest BCUT2D eigenvalue weighted by Crippen LogP contribution is 2.26. The molecule has 0 unspecified atom stereocenters. The van der Waals surface area contributed by atoms with E-state index in [1.165, 1.54) is 11.8 Å². The lowest BCUT2D eigenvalue weighted by Gasteiger charge is -2.00. The Morgan fingerprint density at radius 2 is 2.12 bits per heavy atom. The van der Waals surface area contributed by atoms with Crippen LogP contribution in [0, 0.1) is 0 Å². The van der Waals surface area contributed by atoms with Gasteiger partial charge in [-0.15, -0.1) is 0 Å². The van der Waals surface area contributed by atoms with Crippen molar-refractivity contribution < 1.29 is 0 Å². The fourth-order valence-corrected chi connectivity index (χ4v) is 2.11. The predicted molar refractivity (Wildman–Crippen MR) is 68.9 cm³/mol. The minimum Gasteiger partial charge on any atom is -0.345 e. The Morgan fingerprint density at radius 1 is 1.18 bits per heavy atom. The molecule has 3 rings (SSSR count). The number of aromatic amines is 1. The summed E-state index contributed by atoms with van der Waals surface area (Å²) in [6.07, 6.45) is 7.46. The highest BCUT2D eigenvalue weighted by atomic mass is 32.2. The normalized spacial score (nSPS) is 10.9. The summed E-state index contributed by atoms with van der Waals surface area (Å²) in [5, 5.41) is 1.86. The van der Waals surface area contributed by atoms with Gasteiger partial charge < -0.3 is 4.98 Å². The van der Waals surface area contributed by atoms with Crippen molar-refractivity contribution in [2.24, 2.45) is 0 Å². The van der Waals surface area contributed by atoms with Crippen LogP contribution in [-0.4, -0.2) is 26.2 Å². The van der Waals surface area contributed by atoms with Crippen LogP contribution in [0.1, 0.15) is 0 Å². The summed E-state index contributed by atoms with van der Waals surface area (Å²) in [5.74, 6) is 0. The van der Waals surface area contributed by atoms with Crippen LogP contribution in [0.25, 0.3) is 22.3 Å². The first-order valence-corrected chi connectivity index (χ1v) is 6.40. The number of hydrogen-bond acceptors (Lipinski definition) is 4. The molecular weight excluding hydrogens is 232 g/mol. The van der Waals surface area contributed by atoms with Crippen molar-refractivity contribution in [3.05, 3.63) is 36.8 Å². The van der Waals surface area contributed by atoms with Crippen molar-refractivity contribution in [3.63, 3.8) is 0 Å². The van der Waals surface area contributed by atoms with Crippen LogP contribution in [0.4, 0.5) is 0 Å². The lowest BCUT2D eigenvalue weighted by atomic mass is 10.1. The maximum atomic E-state index is 4.49. The van der Waals surface area contributed by atoms with E-state index in [9.17, 15) is 0 Å². The number of nitrogens with zero attached hydrogens (tertiary/aromatic N) is 3. The van der Waals surface area contributed by atoms with Crippen molar-refractivity contribution in [3.8, 4) is 11.3 Å². The van der Waals surface area contributed by atoms with E-state index in [0.29, 0.717) is 0 Å². The van der Waals surface area contributed by atoms with Crippen LogP contribution in [0.3, 0.4) is 0 Å². The maximum Gasteiger partial charge on any atom is 0.187 e. The van der Waals surface area contributed by atoms with E-state index < -0.39 is 0 Å². The Labute approximate surface area is 103 Å². The number of pyridine rings is 1. The molecule has 1 N–H and O–H groups in total. The van der Waals surface area contributed by atoms with Crippen molar-refractivity contribution in [1.82, 2.24) is 19.9 Å². The average molecular weight is 242 g/mol. The van der Waals surface area contributed by atoms with Crippen molar-refractivity contribution in [1.29, 1.82) is 0 Å². The third-order valence-corrected chi connectivity index (χ3v) is 3.10. The summed E-state index contributed by atoms with van der Waals surface area (Å²) in [6, 6.07) is 5.88. The fraction of sp³-hybridized carbons (Fsp3) is 0.0833. The van der Waals surface area contributed by atoms with Crippen molar-refractivity contribution in [2.75, 3.05) is 6.26 Å². The van der Waals surface area contributed by atoms with Crippen LogP contribution < -0.4 is 0 Å². The van der Waals surface area contributed by atoms with E-state index in [4.69, 9.17) is 0 Å². The Hall–Kier alpha value is -1.88. The first kappa shape index (κ1) is 10.3. The Bertz CT molecular complexity index is 662.